The van der Waals surface area contributed by atoms with E-state index < -0.39 is 0 Å². The minimum atomic E-state index is 0.463. The molecule has 0 saturated heterocycles. The van der Waals surface area contributed by atoms with Gasteiger partial charge < -0.3 is 4.74 Å². The number of hydrogen-bond acceptors (Lipinski definition) is 2. The third-order valence-electron chi connectivity index (χ3n) is 2.14. The van der Waals surface area contributed by atoms with Crippen LogP contribution in [0.15, 0.2) is 12.1 Å². The van der Waals surface area contributed by atoms with Crippen LogP contribution in [-0.2, 0) is 0 Å². The number of hydrogen-bond donors (Lipinski definition) is 0. The maximum atomic E-state index is 10.9. The van der Waals surface area contributed by atoms with Crippen LogP contribution >= 0.6 is 0 Å². The first kappa shape index (κ1) is 11.8. The molecule has 0 fully saturated rings. The molecule has 1 rings (SSSR count). The van der Waals surface area contributed by atoms with Gasteiger partial charge in [-0.1, -0.05) is 19.9 Å². The van der Waals surface area contributed by atoms with Crippen molar-refractivity contribution in [1.29, 1.82) is 0 Å². The molecule has 82 valence electrons. The van der Waals surface area contributed by atoms with Crippen molar-refractivity contribution in [3.63, 3.8) is 0 Å². The molecule has 0 heterocycles. The fraction of sp³-hybridized carbons (Fsp3) is 0.462. The highest BCUT2D eigenvalue weighted by Crippen LogP contribution is 2.24. The molecule has 0 aliphatic carbocycles. The Hall–Kier alpha value is -1.31. The largest absolute Gasteiger partial charge is 0.492 e. The lowest BCUT2D eigenvalue weighted by atomic mass is 10.1. The molecule has 0 amide bonds. The summed E-state index contributed by atoms with van der Waals surface area (Å²) in [6.07, 6.45) is 0.857. The second-order valence-corrected chi connectivity index (χ2v) is 4.32. The minimum absolute atomic E-state index is 0.463. The van der Waals surface area contributed by atoms with Crippen LogP contribution in [0.25, 0.3) is 0 Å². The van der Waals surface area contributed by atoms with Crippen molar-refractivity contribution in [2.45, 2.75) is 27.7 Å². The molecular weight excluding hydrogens is 188 g/mol. The van der Waals surface area contributed by atoms with Crippen molar-refractivity contribution >= 4 is 6.29 Å². The van der Waals surface area contributed by atoms with Gasteiger partial charge in [0.2, 0.25) is 0 Å². The number of rotatable bonds is 4. The van der Waals surface area contributed by atoms with Crippen LogP contribution in [-0.4, -0.2) is 12.9 Å². The summed E-state index contributed by atoms with van der Waals surface area (Å²) < 4.78 is 5.64. The van der Waals surface area contributed by atoms with Gasteiger partial charge in [0, 0.05) is 0 Å². The van der Waals surface area contributed by atoms with Crippen LogP contribution in [0.3, 0.4) is 0 Å². The predicted octanol–water partition coefficient (Wildman–Crippen LogP) is 3.15. The van der Waals surface area contributed by atoms with E-state index in [1.54, 1.807) is 0 Å². The Morgan fingerprint density at radius 3 is 2.53 bits per heavy atom. The highest BCUT2D eigenvalue weighted by molar-refractivity contribution is 5.80. The minimum Gasteiger partial charge on any atom is -0.492 e. The molecule has 0 bridgehead atoms. The van der Waals surface area contributed by atoms with E-state index >= 15 is 0 Å². The van der Waals surface area contributed by atoms with Gasteiger partial charge >= 0.3 is 0 Å². The Morgan fingerprint density at radius 1 is 1.33 bits per heavy atom. The van der Waals surface area contributed by atoms with E-state index in [9.17, 15) is 4.79 Å². The molecule has 0 aliphatic heterocycles. The normalized spacial score (nSPS) is 10.5. The Labute approximate surface area is 91.3 Å². The molecule has 0 radical (unpaired) electrons. The summed E-state index contributed by atoms with van der Waals surface area (Å²) in [5.41, 5.74) is 2.76. The zero-order valence-corrected chi connectivity index (χ0v) is 9.83. The zero-order chi connectivity index (χ0) is 11.4. The lowest BCUT2D eigenvalue weighted by molar-refractivity contribution is 0.111. The monoisotopic (exact) mass is 206 g/mol. The fourth-order valence-corrected chi connectivity index (χ4v) is 1.52. The lowest BCUT2D eigenvalue weighted by Crippen LogP contribution is -2.07. The van der Waals surface area contributed by atoms with Crippen molar-refractivity contribution in [3.8, 4) is 5.75 Å². The van der Waals surface area contributed by atoms with E-state index in [-0.39, 0.29) is 0 Å². The van der Waals surface area contributed by atoms with Gasteiger partial charge in [0.25, 0.3) is 0 Å². The van der Waals surface area contributed by atoms with E-state index in [1.165, 1.54) is 0 Å². The van der Waals surface area contributed by atoms with Gasteiger partial charge in [0.05, 0.1) is 12.2 Å². The van der Waals surface area contributed by atoms with Gasteiger partial charge in [-0.25, -0.2) is 0 Å². The lowest BCUT2D eigenvalue weighted by Gasteiger charge is -2.13. The first-order valence-corrected chi connectivity index (χ1v) is 5.23. The average molecular weight is 206 g/mol. The van der Waals surface area contributed by atoms with E-state index in [1.807, 2.05) is 26.0 Å². The molecule has 1 aromatic rings. The average Bonchev–Trinajstić information content (AvgIpc) is 2.14. The van der Waals surface area contributed by atoms with Gasteiger partial charge in [-0.2, -0.15) is 0 Å². The number of aldehydes is 1. The van der Waals surface area contributed by atoms with E-state index in [0.29, 0.717) is 18.1 Å². The van der Waals surface area contributed by atoms with Crippen LogP contribution in [0.1, 0.15) is 35.3 Å². The molecule has 2 heteroatoms. The highest BCUT2D eigenvalue weighted by atomic mass is 16.5. The zero-order valence-electron chi connectivity index (χ0n) is 9.83. The van der Waals surface area contributed by atoms with Crippen molar-refractivity contribution in [2.75, 3.05) is 6.61 Å². The van der Waals surface area contributed by atoms with Gasteiger partial charge in [0.1, 0.15) is 5.75 Å². The van der Waals surface area contributed by atoms with Crippen LogP contribution < -0.4 is 4.74 Å². The number of carbonyl (C=O) groups is 1. The highest BCUT2D eigenvalue weighted by Gasteiger charge is 2.08. The molecular formula is C13H18O2. The van der Waals surface area contributed by atoms with Crippen molar-refractivity contribution in [1.82, 2.24) is 0 Å². The number of carbonyl (C=O) groups excluding carboxylic acids is 1. The number of ether oxygens (including phenoxy) is 1. The van der Waals surface area contributed by atoms with Crippen molar-refractivity contribution < 1.29 is 9.53 Å². The second-order valence-electron chi connectivity index (χ2n) is 4.32. The SMILES string of the molecule is Cc1cc(C)c(OCC(C)C)c(C=O)c1. The number of aryl methyl sites for hydroxylation is 2. The third-order valence-corrected chi connectivity index (χ3v) is 2.14. The summed E-state index contributed by atoms with van der Waals surface area (Å²) in [6.45, 7) is 8.76. The van der Waals surface area contributed by atoms with E-state index in [2.05, 4.69) is 13.8 Å². The Morgan fingerprint density at radius 2 is 2.00 bits per heavy atom. The predicted molar refractivity (Wildman–Crippen MR) is 61.6 cm³/mol. The summed E-state index contributed by atoms with van der Waals surface area (Å²) in [5.74, 6) is 1.19. The molecule has 0 aliphatic rings. The van der Waals surface area contributed by atoms with Crippen LogP contribution in [0.2, 0.25) is 0 Å². The second kappa shape index (κ2) is 4.96. The maximum Gasteiger partial charge on any atom is 0.153 e. The smallest absolute Gasteiger partial charge is 0.153 e. The molecule has 0 unspecified atom stereocenters. The Bertz CT molecular complexity index is 354. The van der Waals surface area contributed by atoms with Gasteiger partial charge in [-0.15, -0.1) is 0 Å². The van der Waals surface area contributed by atoms with Crippen LogP contribution in [0, 0.1) is 19.8 Å². The molecule has 0 N–H and O–H groups in total. The molecule has 0 aromatic heterocycles. The maximum absolute atomic E-state index is 10.9. The van der Waals surface area contributed by atoms with Gasteiger partial charge in [-0.3, -0.25) is 4.79 Å². The topological polar surface area (TPSA) is 26.3 Å². The Kier molecular flexibility index (Phi) is 3.89. The quantitative estimate of drug-likeness (QED) is 0.707. The third kappa shape index (κ3) is 3.08. The fourth-order valence-electron chi connectivity index (χ4n) is 1.52. The summed E-state index contributed by atoms with van der Waals surface area (Å²) in [7, 11) is 0. The van der Waals surface area contributed by atoms with Crippen LogP contribution in [0.5, 0.6) is 5.75 Å². The first-order chi connectivity index (χ1) is 7.04. The molecule has 0 spiro atoms. The van der Waals surface area contributed by atoms with Crippen molar-refractivity contribution in [3.05, 3.63) is 28.8 Å². The van der Waals surface area contributed by atoms with E-state index in [0.717, 1.165) is 23.2 Å². The summed E-state index contributed by atoms with van der Waals surface area (Å²) in [4.78, 5) is 10.9. The van der Waals surface area contributed by atoms with Gasteiger partial charge in [-0.05, 0) is 37.0 Å². The van der Waals surface area contributed by atoms with Crippen LogP contribution in [0.4, 0.5) is 0 Å². The van der Waals surface area contributed by atoms with E-state index in [4.69, 9.17) is 4.74 Å². The van der Waals surface area contributed by atoms with Crippen molar-refractivity contribution in [2.24, 2.45) is 5.92 Å². The molecule has 0 saturated carbocycles. The molecule has 15 heavy (non-hydrogen) atoms. The summed E-state index contributed by atoms with van der Waals surface area (Å²) in [5, 5.41) is 0. The molecule has 1 aromatic carbocycles. The standard InChI is InChI=1S/C13H18O2/c1-9(2)8-15-13-11(4)5-10(3)6-12(13)7-14/h5-7,9H,8H2,1-4H3. The summed E-state index contributed by atoms with van der Waals surface area (Å²) >= 11 is 0. The number of benzene rings is 1. The summed E-state index contributed by atoms with van der Waals surface area (Å²) in [6, 6.07) is 3.89. The van der Waals surface area contributed by atoms with Gasteiger partial charge in [0.15, 0.2) is 6.29 Å². The first-order valence-electron chi connectivity index (χ1n) is 5.23. The molecule has 0 atom stereocenters. The molecule has 2 nitrogen and oxygen atoms in total. The Balaban J connectivity index is 2.99.